The van der Waals surface area contributed by atoms with Crippen LogP contribution in [0.2, 0.25) is 0 Å². The monoisotopic (exact) mass is 574 g/mol. The SMILES string of the molecule is C=CCO[PH](=O)[O-].C=CCO[PH](=O)[O-].C=CCO[PH](=O)[O-].C=CCO[PH](=O)[O-].[Zr+4]. The standard InChI is InChI=1S/4C3H7O3P.Zr/c4*1-2-3-6-7(4)5;/h4*2,7H,1,3H2,(H,4,5);/q;;;;+4/p-4. The van der Waals surface area contributed by atoms with E-state index in [9.17, 15) is 37.8 Å². The van der Waals surface area contributed by atoms with Crippen LogP contribution in [0.15, 0.2) is 50.6 Å². The van der Waals surface area contributed by atoms with Crippen LogP contribution in [0.4, 0.5) is 0 Å². The molecule has 4 atom stereocenters. The molecule has 17 heteroatoms. The minimum Gasteiger partial charge on any atom is -0.781 e. The maximum atomic E-state index is 9.56. The molecule has 0 fully saturated rings. The summed E-state index contributed by atoms with van der Waals surface area (Å²) in [7, 11) is -11.9. The normalized spacial score (nSPS) is 12.8. The topological polar surface area (TPSA) is 197 Å². The van der Waals surface area contributed by atoms with E-state index < -0.39 is 33.0 Å². The molecule has 0 aromatic heterocycles. The van der Waals surface area contributed by atoms with Gasteiger partial charge in [-0.1, -0.05) is 24.3 Å². The van der Waals surface area contributed by atoms with Crippen molar-refractivity contribution in [2.75, 3.05) is 26.4 Å². The van der Waals surface area contributed by atoms with E-state index in [1.165, 1.54) is 24.3 Å². The van der Waals surface area contributed by atoms with Gasteiger partial charge in [0.15, 0.2) is 0 Å². The minimum absolute atomic E-state index is 0. The van der Waals surface area contributed by atoms with E-state index in [4.69, 9.17) is 0 Å². The summed E-state index contributed by atoms with van der Waals surface area (Å²) in [5.74, 6) is 0. The van der Waals surface area contributed by atoms with Crippen LogP contribution in [-0.2, 0) is 62.6 Å². The quantitative estimate of drug-likeness (QED) is 0.219. The third-order valence-corrected chi connectivity index (χ3v) is 2.89. The van der Waals surface area contributed by atoms with Crippen molar-refractivity contribution in [3.63, 3.8) is 0 Å². The first-order chi connectivity index (χ1) is 13.1. The summed E-state index contributed by atoms with van der Waals surface area (Å²) in [6.45, 7) is 13.3. The van der Waals surface area contributed by atoms with Crippen molar-refractivity contribution in [2.24, 2.45) is 0 Å². The molecule has 0 aromatic carbocycles. The summed E-state index contributed by atoms with van der Waals surface area (Å²) in [5, 5.41) is 0. The Kier molecular flexibility index (Phi) is 49.3. The molecule has 29 heavy (non-hydrogen) atoms. The first-order valence-electron chi connectivity index (χ1n) is 6.87. The number of hydrogen-bond donors (Lipinski definition) is 0. The van der Waals surface area contributed by atoms with Crippen molar-refractivity contribution in [1.82, 2.24) is 0 Å². The second-order valence-electron chi connectivity index (χ2n) is 3.40. The Balaban J connectivity index is -0.0000000873. The van der Waals surface area contributed by atoms with Crippen molar-refractivity contribution >= 4 is 33.0 Å². The Morgan fingerprint density at radius 3 is 0.690 bits per heavy atom. The third-order valence-electron chi connectivity index (χ3n) is 1.28. The van der Waals surface area contributed by atoms with E-state index in [0.717, 1.165) is 0 Å². The van der Waals surface area contributed by atoms with Gasteiger partial charge in [0.1, 0.15) is 33.0 Å². The van der Waals surface area contributed by atoms with E-state index in [1.807, 2.05) is 0 Å². The molecule has 0 bridgehead atoms. The van der Waals surface area contributed by atoms with Gasteiger partial charge in [0.2, 0.25) is 0 Å². The molecule has 0 radical (unpaired) electrons. The van der Waals surface area contributed by atoms with Gasteiger partial charge in [-0.2, -0.15) is 0 Å². The van der Waals surface area contributed by atoms with Crippen LogP contribution in [-0.4, -0.2) is 26.4 Å². The van der Waals surface area contributed by atoms with E-state index in [2.05, 4.69) is 44.4 Å². The Bertz CT molecular complexity index is 415. The van der Waals surface area contributed by atoms with Gasteiger partial charge in [-0.15, -0.1) is 26.3 Å². The molecular weight excluding hydrogens is 551 g/mol. The Morgan fingerprint density at radius 1 is 0.517 bits per heavy atom. The fourth-order valence-electron chi connectivity index (χ4n) is 0.508. The first-order valence-corrected chi connectivity index (χ1v) is 11.8. The maximum Gasteiger partial charge on any atom is 4.00 e. The van der Waals surface area contributed by atoms with E-state index in [1.54, 1.807) is 0 Å². The fourth-order valence-corrected chi connectivity index (χ4v) is 1.52. The van der Waals surface area contributed by atoms with E-state index in [-0.39, 0.29) is 52.6 Å². The van der Waals surface area contributed by atoms with Gasteiger partial charge >= 0.3 is 26.2 Å². The summed E-state index contributed by atoms with van der Waals surface area (Å²) in [4.78, 5) is 38.2. The van der Waals surface area contributed by atoms with Gasteiger partial charge in [0.05, 0.1) is 26.4 Å². The van der Waals surface area contributed by atoms with Crippen LogP contribution in [0.25, 0.3) is 0 Å². The van der Waals surface area contributed by atoms with Gasteiger partial charge in [-0.25, -0.2) is 0 Å². The van der Waals surface area contributed by atoms with Crippen LogP contribution < -0.4 is 19.6 Å². The van der Waals surface area contributed by atoms with Crippen molar-refractivity contribution in [2.45, 2.75) is 0 Å². The molecule has 0 aromatic rings. The number of rotatable bonds is 12. The van der Waals surface area contributed by atoms with Crippen LogP contribution in [0.3, 0.4) is 0 Å². The van der Waals surface area contributed by atoms with Crippen molar-refractivity contribution < 1.29 is 82.1 Å². The van der Waals surface area contributed by atoms with Gasteiger partial charge in [-0.3, -0.25) is 0 Å². The van der Waals surface area contributed by atoms with E-state index in [0.29, 0.717) is 0 Å². The van der Waals surface area contributed by atoms with Crippen molar-refractivity contribution in [1.29, 1.82) is 0 Å². The molecule has 0 saturated heterocycles. The second-order valence-corrected chi connectivity index (χ2v) is 6.55. The molecule has 0 rings (SSSR count). The summed E-state index contributed by atoms with van der Waals surface area (Å²) in [6.07, 6.45) is 5.50. The summed E-state index contributed by atoms with van der Waals surface area (Å²) in [5.41, 5.74) is 0. The van der Waals surface area contributed by atoms with Crippen LogP contribution in [0, 0.1) is 0 Å². The number of hydrogen-bond acceptors (Lipinski definition) is 12. The fraction of sp³-hybridized carbons (Fsp3) is 0.333. The Morgan fingerprint density at radius 2 is 0.655 bits per heavy atom. The molecule has 0 aliphatic heterocycles. The molecule has 0 heterocycles. The molecule has 168 valence electrons. The van der Waals surface area contributed by atoms with Crippen molar-refractivity contribution in [3.8, 4) is 0 Å². The summed E-state index contributed by atoms with van der Waals surface area (Å²) < 4.78 is 54.5. The summed E-state index contributed by atoms with van der Waals surface area (Å²) in [6, 6.07) is 0. The molecule has 4 unspecified atom stereocenters. The van der Waals surface area contributed by atoms with Crippen LogP contribution >= 0.6 is 33.0 Å². The van der Waals surface area contributed by atoms with E-state index >= 15 is 0 Å². The zero-order chi connectivity index (χ0) is 22.8. The predicted octanol–water partition coefficient (Wildman–Crippen LogP) is -0.247. The first kappa shape index (κ1) is 39.9. The van der Waals surface area contributed by atoms with Gasteiger partial charge in [0, 0.05) is 0 Å². The summed E-state index contributed by atoms with van der Waals surface area (Å²) >= 11 is 0. The minimum atomic E-state index is -2.97. The largest absolute Gasteiger partial charge is 4.00 e. The third kappa shape index (κ3) is 73.6. The molecule has 0 aliphatic carbocycles. The molecule has 0 N–H and O–H groups in total. The van der Waals surface area contributed by atoms with Crippen molar-refractivity contribution in [3.05, 3.63) is 50.6 Å². The molecular formula is C12H24O12P4Zr. The predicted molar refractivity (Wildman–Crippen MR) is 101 cm³/mol. The molecule has 0 aliphatic rings. The maximum absolute atomic E-state index is 9.56. The zero-order valence-corrected chi connectivity index (χ0v) is 21.8. The average Bonchev–Trinajstić information content (AvgIpc) is 2.62. The van der Waals surface area contributed by atoms with Crippen LogP contribution in [0.1, 0.15) is 0 Å². The molecule has 0 amide bonds. The van der Waals surface area contributed by atoms with Gasteiger partial charge < -0.3 is 55.9 Å². The Hall–Kier alpha value is 0.443. The second kappa shape index (κ2) is 35.9. The molecule has 12 nitrogen and oxygen atoms in total. The average molecular weight is 575 g/mol. The molecule has 0 spiro atoms. The zero-order valence-electron chi connectivity index (χ0n) is 15.4. The smallest absolute Gasteiger partial charge is 0.781 e. The van der Waals surface area contributed by atoms with Gasteiger partial charge in [0.25, 0.3) is 0 Å². The van der Waals surface area contributed by atoms with Crippen LogP contribution in [0.5, 0.6) is 0 Å². The Labute approximate surface area is 191 Å². The molecule has 0 saturated carbocycles. The van der Waals surface area contributed by atoms with Gasteiger partial charge in [-0.05, 0) is 0 Å².